The van der Waals surface area contributed by atoms with Crippen LogP contribution in [0.15, 0.2) is 12.1 Å². The molecule has 1 rings (SSSR count). The molecule has 1 aromatic heterocycles. The normalized spacial score (nSPS) is 12.2. The van der Waals surface area contributed by atoms with E-state index in [1.54, 1.807) is 0 Å². The Morgan fingerprint density at radius 3 is 2.77 bits per heavy atom. The van der Waals surface area contributed by atoms with Gasteiger partial charge in [0.1, 0.15) is 11.8 Å². The van der Waals surface area contributed by atoms with Gasteiger partial charge < -0.3 is 0 Å². The van der Waals surface area contributed by atoms with Crippen molar-refractivity contribution in [3.63, 3.8) is 0 Å². The molecule has 1 aromatic rings. The molecule has 0 aliphatic carbocycles. The van der Waals surface area contributed by atoms with Gasteiger partial charge in [0.2, 0.25) is 0 Å². The highest BCUT2D eigenvalue weighted by atomic mass is 14.7. The Balaban J connectivity index is 3.10. The first-order chi connectivity index (χ1) is 6.17. The predicted molar refractivity (Wildman–Crippen MR) is 52.4 cm³/mol. The summed E-state index contributed by atoms with van der Waals surface area (Å²) in [5.74, 6) is 0.508. The number of aryl methyl sites for hydroxylation is 1. The maximum atomic E-state index is 8.73. The van der Waals surface area contributed by atoms with E-state index in [4.69, 9.17) is 5.26 Å². The van der Waals surface area contributed by atoms with Crippen molar-refractivity contribution in [3.8, 4) is 6.07 Å². The minimum absolute atomic E-state index is 0.508. The quantitative estimate of drug-likeness (QED) is 0.691. The first-order valence-electron chi connectivity index (χ1n) is 4.56. The topological polar surface area (TPSA) is 36.7 Å². The first kappa shape index (κ1) is 9.73. The molecule has 0 saturated carbocycles. The molecule has 0 N–H and O–H groups in total. The average molecular weight is 174 g/mol. The fraction of sp³-hybridized carbons (Fsp3) is 0.455. The third-order valence-corrected chi connectivity index (χ3v) is 2.27. The molecule has 2 nitrogen and oxygen atoms in total. The molecule has 0 radical (unpaired) electrons. The molecule has 0 aliphatic rings. The maximum Gasteiger partial charge on any atom is 0.141 e. The highest BCUT2D eigenvalue weighted by Gasteiger charge is 2.05. The zero-order chi connectivity index (χ0) is 9.84. The molecule has 0 fully saturated rings. The summed E-state index contributed by atoms with van der Waals surface area (Å²) in [6.45, 7) is 6.23. The van der Waals surface area contributed by atoms with Gasteiger partial charge in [0.05, 0.1) is 0 Å². The van der Waals surface area contributed by atoms with Crippen LogP contribution in [0.1, 0.15) is 43.1 Å². The van der Waals surface area contributed by atoms with Crippen molar-refractivity contribution in [2.45, 2.75) is 33.1 Å². The molecule has 1 heterocycles. The Labute approximate surface area is 79.2 Å². The monoisotopic (exact) mass is 174 g/mol. The lowest BCUT2D eigenvalue weighted by Gasteiger charge is -2.09. The van der Waals surface area contributed by atoms with Crippen LogP contribution in [0.5, 0.6) is 0 Å². The van der Waals surface area contributed by atoms with E-state index in [2.05, 4.69) is 31.0 Å². The van der Waals surface area contributed by atoms with Crippen molar-refractivity contribution in [2.75, 3.05) is 0 Å². The van der Waals surface area contributed by atoms with E-state index in [0.717, 1.165) is 12.1 Å². The Bertz CT molecular complexity index is 336. The van der Waals surface area contributed by atoms with Crippen LogP contribution in [0.3, 0.4) is 0 Å². The summed E-state index contributed by atoms with van der Waals surface area (Å²) in [5, 5.41) is 8.73. The molecule has 0 amide bonds. The van der Waals surface area contributed by atoms with Crippen molar-refractivity contribution < 1.29 is 0 Å². The molecule has 0 bridgehead atoms. The number of nitrogens with zero attached hydrogens (tertiary/aromatic N) is 2. The summed E-state index contributed by atoms with van der Waals surface area (Å²) in [7, 11) is 0. The number of pyridine rings is 1. The molecule has 2 heteroatoms. The second-order valence-corrected chi connectivity index (χ2v) is 3.35. The van der Waals surface area contributed by atoms with E-state index in [-0.39, 0.29) is 0 Å². The third kappa shape index (κ3) is 2.29. The van der Waals surface area contributed by atoms with Gasteiger partial charge in [-0.2, -0.15) is 5.26 Å². The largest absolute Gasteiger partial charge is 0.242 e. The summed E-state index contributed by atoms with van der Waals surface area (Å²) in [5.41, 5.74) is 2.66. The maximum absolute atomic E-state index is 8.73. The van der Waals surface area contributed by atoms with Gasteiger partial charge in [-0.25, -0.2) is 4.98 Å². The zero-order valence-electron chi connectivity index (χ0n) is 8.33. The number of rotatable bonds is 2. The molecule has 13 heavy (non-hydrogen) atoms. The molecular formula is C11H14N2. The van der Waals surface area contributed by atoms with Gasteiger partial charge in [0, 0.05) is 5.69 Å². The average Bonchev–Trinajstić information content (AvgIpc) is 2.15. The van der Waals surface area contributed by atoms with Crippen molar-refractivity contribution >= 4 is 0 Å². The Morgan fingerprint density at radius 1 is 1.54 bits per heavy atom. The van der Waals surface area contributed by atoms with Gasteiger partial charge in [-0.1, -0.05) is 13.8 Å². The summed E-state index contributed by atoms with van der Waals surface area (Å²) in [6, 6.07) is 6.00. The Morgan fingerprint density at radius 2 is 2.23 bits per heavy atom. The van der Waals surface area contributed by atoms with Crippen LogP contribution in [0.2, 0.25) is 0 Å². The molecule has 1 unspecified atom stereocenters. The first-order valence-corrected chi connectivity index (χ1v) is 4.56. The van der Waals surface area contributed by atoms with Gasteiger partial charge in [-0.15, -0.1) is 0 Å². The van der Waals surface area contributed by atoms with E-state index in [1.165, 1.54) is 5.56 Å². The lowest BCUT2D eigenvalue weighted by Crippen LogP contribution is -1.96. The third-order valence-electron chi connectivity index (χ3n) is 2.27. The summed E-state index contributed by atoms with van der Waals surface area (Å²) >= 11 is 0. The fourth-order valence-corrected chi connectivity index (χ4v) is 1.27. The molecule has 0 spiro atoms. The van der Waals surface area contributed by atoms with Gasteiger partial charge in [0.15, 0.2) is 0 Å². The minimum Gasteiger partial charge on any atom is -0.242 e. The summed E-state index contributed by atoms with van der Waals surface area (Å²) < 4.78 is 0. The molecule has 1 atom stereocenters. The van der Waals surface area contributed by atoms with Crippen LogP contribution >= 0.6 is 0 Å². The van der Waals surface area contributed by atoms with Crippen LogP contribution in [0, 0.1) is 18.3 Å². The van der Waals surface area contributed by atoms with Crippen molar-refractivity contribution in [3.05, 3.63) is 29.1 Å². The van der Waals surface area contributed by atoms with Crippen molar-refractivity contribution in [1.29, 1.82) is 5.26 Å². The minimum atomic E-state index is 0.508. The second kappa shape index (κ2) is 4.04. The number of nitriles is 1. The molecule has 68 valence electrons. The highest BCUT2D eigenvalue weighted by Crippen LogP contribution is 2.19. The van der Waals surface area contributed by atoms with E-state index in [0.29, 0.717) is 11.6 Å². The van der Waals surface area contributed by atoms with Gasteiger partial charge in [0.25, 0.3) is 0 Å². The van der Waals surface area contributed by atoms with Crippen LogP contribution in [-0.4, -0.2) is 4.98 Å². The van der Waals surface area contributed by atoms with Gasteiger partial charge in [-0.3, -0.25) is 0 Å². The molecule has 0 aromatic carbocycles. The molecule has 0 aliphatic heterocycles. The Hall–Kier alpha value is -1.36. The van der Waals surface area contributed by atoms with Crippen LogP contribution in [0.4, 0.5) is 0 Å². The van der Waals surface area contributed by atoms with Gasteiger partial charge in [-0.05, 0) is 37.0 Å². The van der Waals surface area contributed by atoms with Crippen LogP contribution < -0.4 is 0 Å². The lowest BCUT2D eigenvalue weighted by atomic mass is 9.98. The Kier molecular flexibility index (Phi) is 3.02. The second-order valence-electron chi connectivity index (χ2n) is 3.35. The van der Waals surface area contributed by atoms with Crippen molar-refractivity contribution in [2.24, 2.45) is 0 Å². The standard InChI is InChI=1S/C11H14N2/c1-4-8(2)10-5-9(3)13-11(6-10)7-12/h5-6,8H,4H2,1-3H3. The number of aromatic nitrogens is 1. The summed E-state index contributed by atoms with van der Waals surface area (Å²) in [4.78, 5) is 4.11. The zero-order valence-corrected chi connectivity index (χ0v) is 8.33. The van der Waals surface area contributed by atoms with E-state index < -0.39 is 0 Å². The van der Waals surface area contributed by atoms with Crippen LogP contribution in [-0.2, 0) is 0 Å². The van der Waals surface area contributed by atoms with Gasteiger partial charge >= 0.3 is 0 Å². The predicted octanol–water partition coefficient (Wildman–Crippen LogP) is 2.78. The summed E-state index contributed by atoms with van der Waals surface area (Å²) in [6.07, 6.45) is 1.09. The number of hydrogen-bond acceptors (Lipinski definition) is 2. The SMILES string of the molecule is CCC(C)c1cc(C)nc(C#N)c1. The fourth-order valence-electron chi connectivity index (χ4n) is 1.27. The van der Waals surface area contributed by atoms with Crippen molar-refractivity contribution in [1.82, 2.24) is 4.98 Å². The lowest BCUT2D eigenvalue weighted by molar-refractivity contribution is 0.730. The van der Waals surface area contributed by atoms with E-state index in [9.17, 15) is 0 Å². The smallest absolute Gasteiger partial charge is 0.141 e. The van der Waals surface area contributed by atoms with Crippen LogP contribution in [0.25, 0.3) is 0 Å². The highest BCUT2D eigenvalue weighted by molar-refractivity contribution is 5.30. The molecular weight excluding hydrogens is 160 g/mol. The van der Waals surface area contributed by atoms with E-state index in [1.807, 2.05) is 13.0 Å². The number of hydrogen-bond donors (Lipinski definition) is 0. The van der Waals surface area contributed by atoms with E-state index >= 15 is 0 Å². The molecule has 0 saturated heterocycles.